The number of nitrogens with one attached hydrogen (secondary N) is 1. The molecule has 0 radical (unpaired) electrons. The molecule has 0 saturated carbocycles. The number of halogens is 4. The monoisotopic (exact) mass is 261 g/mol. The van der Waals surface area contributed by atoms with Gasteiger partial charge in [0.1, 0.15) is 5.69 Å². The Labute approximate surface area is 86.2 Å². The van der Waals surface area contributed by atoms with Gasteiger partial charge in [0, 0.05) is 0 Å². The number of hydrogen-bond donors (Lipinski definition) is 3. The standard InChI is InChI=1S/C6H3F4NO4S/c7-1-3(9)6(12)4(10)2(8)5(1)11-16(13,14)15/h11-12H,(H,13,14,15). The minimum Gasteiger partial charge on any atom is -0.503 e. The van der Waals surface area contributed by atoms with E-state index in [1.54, 1.807) is 0 Å². The average Bonchev–Trinajstić information content (AvgIpc) is 2.17. The molecule has 1 aromatic carbocycles. The molecule has 0 bridgehead atoms. The zero-order valence-corrected chi connectivity index (χ0v) is 7.95. The Bertz CT molecular complexity index is 515. The molecule has 0 unspecified atom stereocenters. The lowest BCUT2D eigenvalue weighted by atomic mass is 10.2. The van der Waals surface area contributed by atoms with E-state index < -0.39 is 45.0 Å². The molecular weight excluding hydrogens is 258 g/mol. The van der Waals surface area contributed by atoms with Crippen molar-refractivity contribution in [1.29, 1.82) is 0 Å². The van der Waals surface area contributed by atoms with Gasteiger partial charge in [0.05, 0.1) is 0 Å². The number of anilines is 1. The van der Waals surface area contributed by atoms with Crippen molar-refractivity contribution in [1.82, 2.24) is 0 Å². The number of hydrogen-bond acceptors (Lipinski definition) is 3. The van der Waals surface area contributed by atoms with Crippen LogP contribution < -0.4 is 4.72 Å². The molecule has 3 N–H and O–H groups in total. The lowest BCUT2D eigenvalue weighted by Crippen LogP contribution is -2.15. The highest BCUT2D eigenvalue weighted by Gasteiger charge is 2.27. The fourth-order valence-electron chi connectivity index (χ4n) is 0.839. The van der Waals surface area contributed by atoms with Crippen molar-refractivity contribution in [2.45, 2.75) is 0 Å². The van der Waals surface area contributed by atoms with Gasteiger partial charge in [0.2, 0.25) is 11.6 Å². The van der Waals surface area contributed by atoms with E-state index in [0.29, 0.717) is 0 Å². The van der Waals surface area contributed by atoms with Crippen LogP contribution in [0.1, 0.15) is 0 Å². The molecule has 0 aliphatic carbocycles. The lowest BCUT2D eigenvalue weighted by molar-refractivity contribution is 0.359. The summed E-state index contributed by atoms with van der Waals surface area (Å²) in [4.78, 5) is 0. The second kappa shape index (κ2) is 3.79. The second-order valence-electron chi connectivity index (χ2n) is 2.56. The lowest BCUT2D eigenvalue weighted by Gasteiger charge is -2.08. The average molecular weight is 261 g/mol. The van der Waals surface area contributed by atoms with E-state index in [0.717, 1.165) is 4.72 Å². The molecule has 0 saturated heterocycles. The first-order valence-corrected chi connectivity index (χ1v) is 4.89. The Morgan fingerprint density at radius 2 is 1.31 bits per heavy atom. The van der Waals surface area contributed by atoms with Crippen LogP contribution in [0.25, 0.3) is 0 Å². The van der Waals surface area contributed by atoms with Crippen LogP contribution in [0.15, 0.2) is 0 Å². The van der Waals surface area contributed by atoms with Crippen molar-refractivity contribution in [3.05, 3.63) is 23.3 Å². The van der Waals surface area contributed by atoms with Crippen LogP contribution in [0.3, 0.4) is 0 Å². The van der Waals surface area contributed by atoms with E-state index >= 15 is 0 Å². The highest BCUT2D eigenvalue weighted by Crippen LogP contribution is 2.32. The van der Waals surface area contributed by atoms with E-state index in [2.05, 4.69) is 0 Å². The molecule has 0 aliphatic heterocycles. The van der Waals surface area contributed by atoms with Crippen LogP contribution in [-0.2, 0) is 10.3 Å². The molecule has 1 rings (SSSR count). The molecular formula is C6H3F4NO4S. The first-order chi connectivity index (χ1) is 7.15. The second-order valence-corrected chi connectivity index (χ2v) is 3.71. The minimum atomic E-state index is -5.11. The molecule has 90 valence electrons. The number of benzene rings is 1. The Kier molecular flexibility index (Phi) is 2.97. The number of aromatic hydroxyl groups is 1. The van der Waals surface area contributed by atoms with Gasteiger partial charge in [-0.25, -0.2) is 8.78 Å². The number of phenols is 1. The van der Waals surface area contributed by atoms with Crippen LogP contribution in [0.2, 0.25) is 0 Å². The van der Waals surface area contributed by atoms with Crippen molar-refractivity contribution < 1.29 is 35.6 Å². The first-order valence-electron chi connectivity index (χ1n) is 3.45. The molecule has 0 spiro atoms. The molecule has 0 aromatic heterocycles. The van der Waals surface area contributed by atoms with Crippen LogP contribution >= 0.6 is 0 Å². The Morgan fingerprint density at radius 1 is 0.938 bits per heavy atom. The molecule has 1 aromatic rings. The van der Waals surface area contributed by atoms with Gasteiger partial charge in [0.15, 0.2) is 17.4 Å². The summed E-state index contributed by atoms with van der Waals surface area (Å²) in [7, 11) is -5.11. The third kappa shape index (κ3) is 2.17. The predicted molar refractivity (Wildman–Crippen MR) is 43.1 cm³/mol. The topological polar surface area (TPSA) is 86.6 Å². The van der Waals surface area contributed by atoms with E-state index in [1.807, 2.05) is 0 Å². The van der Waals surface area contributed by atoms with Crippen LogP contribution in [0.5, 0.6) is 5.75 Å². The fourth-order valence-corrected chi connectivity index (χ4v) is 1.28. The maximum atomic E-state index is 12.9. The van der Waals surface area contributed by atoms with Gasteiger partial charge in [-0.2, -0.15) is 17.2 Å². The molecule has 0 heterocycles. The largest absolute Gasteiger partial charge is 0.503 e. The maximum Gasteiger partial charge on any atom is 0.357 e. The number of rotatable bonds is 2. The van der Waals surface area contributed by atoms with Crippen LogP contribution in [0, 0.1) is 23.3 Å². The van der Waals surface area contributed by atoms with Gasteiger partial charge in [-0.3, -0.25) is 9.27 Å². The molecule has 0 aliphatic rings. The highest BCUT2D eigenvalue weighted by molar-refractivity contribution is 7.87. The summed E-state index contributed by atoms with van der Waals surface area (Å²) >= 11 is 0. The summed E-state index contributed by atoms with van der Waals surface area (Å²) in [6, 6.07) is 0. The van der Waals surface area contributed by atoms with Crippen molar-refractivity contribution in [2.75, 3.05) is 4.72 Å². The Balaban J connectivity index is 3.52. The molecule has 0 atom stereocenters. The van der Waals surface area contributed by atoms with E-state index in [1.165, 1.54) is 0 Å². The zero-order chi connectivity index (χ0) is 12.7. The molecule has 16 heavy (non-hydrogen) atoms. The van der Waals surface area contributed by atoms with Crippen LogP contribution in [0.4, 0.5) is 23.2 Å². The third-order valence-electron chi connectivity index (χ3n) is 1.47. The summed E-state index contributed by atoms with van der Waals surface area (Å²) in [6.07, 6.45) is 0. The third-order valence-corrected chi connectivity index (χ3v) is 1.93. The van der Waals surface area contributed by atoms with E-state index in [4.69, 9.17) is 9.66 Å². The zero-order valence-electron chi connectivity index (χ0n) is 7.13. The van der Waals surface area contributed by atoms with Crippen molar-refractivity contribution >= 4 is 16.0 Å². The summed E-state index contributed by atoms with van der Waals surface area (Å²) in [5.74, 6) is -10.7. The number of phenolic OH excluding ortho intramolecular Hbond substituents is 1. The molecule has 10 heteroatoms. The van der Waals surface area contributed by atoms with E-state index in [9.17, 15) is 26.0 Å². The van der Waals surface area contributed by atoms with Crippen molar-refractivity contribution in [3.8, 4) is 5.75 Å². The van der Waals surface area contributed by atoms with E-state index in [-0.39, 0.29) is 0 Å². The smallest absolute Gasteiger partial charge is 0.357 e. The summed E-state index contributed by atoms with van der Waals surface area (Å²) in [6.45, 7) is 0. The molecule has 0 amide bonds. The van der Waals surface area contributed by atoms with Gasteiger partial charge in [-0.15, -0.1) is 0 Å². The Hall–Kier alpha value is -1.55. The summed E-state index contributed by atoms with van der Waals surface area (Å²) < 4.78 is 80.5. The minimum absolute atomic E-state index is 0.813. The normalized spacial score (nSPS) is 11.6. The quantitative estimate of drug-likeness (QED) is 0.323. The molecule has 0 fully saturated rings. The molecule has 5 nitrogen and oxygen atoms in total. The fraction of sp³-hybridized carbons (Fsp3) is 0. The van der Waals surface area contributed by atoms with Gasteiger partial charge < -0.3 is 5.11 Å². The summed E-state index contributed by atoms with van der Waals surface area (Å²) in [5.41, 5.74) is -1.77. The van der Waals surface area contributed by atoms with Crippen molar-refractivity contribution in [3.63, 3.8) is 0 Å². The van der Waals surface area contributed by atoms with Gasteiger partial charge >= 0.3 is 10.3 Å². The van der Waals surface area contributed by atoms with Gasteiger partial charge in [0.25, 0.3) is 0 Å². The predicted octanol–water partition coefficient (Wildman–Crippen LogP) is 1.16. The van der Waals surface area contributed by atoms with Crippen LogP contribution in [-0.4, -0.2) is 18.1 Å². The SMILES string of the molecule is O=S(=O)(O)Nc1c(F)c(F)c(O)c(F)c1F. The van der Waals surface area contributed by atoms with Gasteiger partial charge in [-0.1, -0.05) is 0 Å². The maximum absolute atomic E-state index is 12.9. The highest BCUT2D eigenvalue weighted by atomic mass is 32.2. The van der Waals surface area contributed by atoms with Gasteiger partial charge in [-0.05, 0) is 0 Å². The first kappa shape index (κ1) is 12.5. The van der Waals surface area contributed by atoms with Crippen molar-refractivity contribution in [2.24, 2.45) is 0 Å². The Morgan fingerprint density at radius 3 is 1.62 bits per heavy atom. The summed E-state index contributed by atoms with van der Waals surface area (Å²) in [5, 5.41) is 8.52.